The molecule has 0 saturated heterocycles. The molecule has 0 radical (unpaired) electrons. The number of Topliss-reactive ketones (excluding diaryl/α,β-unsaturated/α-hetero) is 1. The van der Waals surface area contributed by atoms with Gasteiger partial charge in [-0.2, -0.15) is 0 Å². The maximum absolute atomic E-state index is 12.5. The molecular weight excluding hydrogens is 503 g/mol. The summed E-state index contributed by atoms with van der Waals surface area (Å²) in [6, 6.07) is 7.08. The molecule has 170 valence electrons. The first kappa shape index (κ1) is 25.5. The number of carbonyl (C=O) groups excluding carboxylic acids is 1. The summed E-state index contributed by atoms with van der Waals surface area (Å²) in [6.07, 6.45) is 0.300. The molecule has 0 amide bonds. The molecule has 0 spiro atoms. The van der Waals surface area contributed by atoms with Crippen LogP contribution in [0.2, 0.25) is 0 Å². The number of benzene rings is 2. The van der Waals surface area contributed by atoms with Crippen LogP contribution in [-0.2, 0) is 10.8 Å². The Balaban J connectivity index is 2.64. The number of hydrogen-bond donors (Lipinski definition) is 4. The smallest absolute Gasteiger partial charge is 0.166 e. The SMILES string of the molecule is CCC(=O)c1cc(C(C)(C)C)cc(C(CN)Nc2cc(C(C)(C)C)cc(I)c2O)c1O. The molecule has 31 heavy (non-hydrogen) atoms. The summed E-state index contributed by atoms with van der Waals surface area (Å²) in [5, 5.41) is 25.0. The Kier molecular flexibility index (Phi) is 7.69. The Morgan fingerprint density at radius 1 is 1.00 bits per heavy atom. The third-order valence-electron chi connectivity index (χ3n) is 5.50. The summed E-state index contributed by atoms with van der Waals surface area (Å²) >= 11 is 2.12. The molecule has 5 N–H and O–H groups in total. The number of hydrogen-bond acceptors (Lipinski definition) is 5. The van der Waals surface area contributed by atoms with Gasteiger partial charge in [-0.1, -0.05) is 48.5 Å². The molecule has 0 heterocycles. The molecule has 1 unspecified atom stereocenters. The van der Waals surface area contributed by atoms with Gasteiger partial charge in [0.2, 0.25) is 0 Å². The van der Waals surface area contributed by atoms with Crippen LogP contribution in [0.15, 0.2) is 24.3 Å². The topological polar surface area (TPSA) is 95.6 Å². The Bertz CT molecular complexity index is 972. The Morgan fingerprint density at radius 3 is 2.03 bits per heavy atom. The van der Waals surface area contributed by atoms with Crippen molar-refractivity contribution < 1.29 is 15.0 Å². The largest absolute Gasteiger partial charge is 0.507 e. The standard InChI is InChI=1S/C25H35IN2O3/c1-8-21(29)17-10-14(24(2,3)4)9-16(22(17)30)20(13-27)28-19-12-15(25(5,6)7)11-18(26)23(19)31/h9-12,20,28,30-31H,8,13,27H2,1-7H3. The van der Waals surface area contributed by atoms with E-state index in [9.17, 15) is 15.0 Å². The highest BCUT2D eigenvalue weighted by Gasteiger charge is 2.26. The summed E-state index contributed by atoms with van der Waals surface area (Å²) in [4.78, 5) is 12.5. The van der Waals surface area contributed by atoms with Gasteiger partial charge in [-0.25, -0.2) is 0 Å². The molecular formula is C25H35IN2O3. The number of carbonyl (C=O) groups is 1. The lowest BCUT2D eigenvalue weighted by Gasteiger charge is -2.27. The normalized spacial score (nSPS) is 13.2. The number of phenolic OH excluding ortho intramolecular Hbond substituents is 2. The third-order valence-corrected chi connectivity index (χ3v) is 6.32. The Hall–Kier alpha value is -1.80. The van der Waals surface area contributed by atoms with Crippen molar-refractivity contribution in [3.8, 4) is 11.5 Å². The summed E-state index contributed by atoms with van der Waals surface area (Å²) in [5.74, 6) is -0.0277. The van der Waals surface area contributed by atoms with Gasteiger partial charge in [0.1, 0.15) is 5.75 Å². The van der Waals surface area contributed by atoms with Crippen LogP contribution < -0.4 is 11.1 Å². The fourth-order valence-corrected chi connectivity index (χ4v) is 3.98. The minimum atomic E-state index is -0.484. The molecule has 0 fully saturated rings. The van der Waals surface area contributed by atoms with Crippen LogP contribution in [0.25, 0.3) is 0 Å². The van der Waals surface area contributed by atoms with Gasteiger partial charge in [0.05, 0.1) is 20.9 Å². The van der Waals surface area contributed by atoms with Gasteiger partial charge in [-0.05, 0) is 68.8 Å². The molecule has 2 aromatic rings. The van der Waals surface area contributed by atoms with Crippen molar-refractivity contribution in [3.63, 3.8) is 0 Å². The summed E-state index contributed by atoms with van der Waals surface area (Å²) < 4.78 is 0.734. The van der Waals surface area contributed by atoms with Gasteiger partial charge < -0.3 is 21.3 Å². The van der Waals surface area contributed by atoms with E-state index in [0.29, 0.717) is 23.2 Å². The van der Waals surface area contributed by atoms with Crippen molar-refractivity contribution in [1.29, 1.82) is 0 Å². The number of halogens is 1. The lowest BCUT2D eigenvalue weighted by atomic mass is 9.83. The van der Waals surface area contributed by atoms with E-state index >= 15 is 0 Å². The van der Waals surface area contributed by atoms with Gasteiger partial charge in [0.15, 0.2) is 11.5 Å². The second-order valence-electron chi connectivity index (χ2n) is 10.0. The Labute approximate surface area is 199 Å². The second-order valence-corrected chi connectivity index (χ2v) is 11.2. The number of nitrogens with one attached hydrogen (secondary N) is 1. The fourth-order valence-electron chi connectivity index (χ4n) is 3.35. The van der Waals surface area contributed by atoms with Crippen LogP contribution in [0.5, 0.6) is 11.5 Å². The number of aromatic hydroxyl groups is 2. The van der Waals surface area contributed by atoms with Crippen molar-refractivity contribution in [2.45, 2.75) is 71.8 Å². The molecule has 0 aliphatic heterocycles. The lowest BCUT2D eigenvalue weighted by Crippen LogP contribution is -2.23. The summed E-state index contributed by atoms with van der Waals surface area (Å²) in [5.41, 5.74) is 9.23. The van der Waals surface area contributed by atoms with E-state index in [-0.39, 0.29) is 34.7 Å². The lowest BCUT2D eigenvalue weighted by molar-refractivity contribution is 0.0985. The zero-order valence-corrected chi connectivity index (χ0v) is 21.7. The number of rotatable bonds is 6. The van der Waals surface area contributed by atoms with Crippen molar-refractivity contribution in [2.24, 2.45) is 5.73 Å². The molecule has 2 aromatic carbocycles. The third kappa shape index (κ3) is 5.71. The molecule has 0 aliphatic rings. The van der Waals surface area contributed by atoms with Crippen molar-refractivity contribution in [1.82, 2.24) is 0 Å². The highest BCUT2D eigenvalue weighted by atomic mass is 127. The van der Waals surface area contributed by atoms with E-state index in [4.69, 9.17) is 5.73 Å². The van der Waals surface area contributed by atoms with Gasteiger partial charge >= 0.3 is 0 Å². The molecule has 0 saturated carbocycles. The van der Waals surface area contributed by atoms with Crippen LogP contribution in [0.3, 0.4) is 0 Å². The van der Waals surface area contributed by atoms with Crippen molar-refractivity contribution in [3.05, 3.63) is 50.1 Å². The van der Waals surface area contributed by atoms with Gasteiger partial charge in [0, 0.05) is 18.5 Å². The van der Waals surface area contributed by atoms with E-state index in [2.05, 4.69) is 69.5 Å². The summed E-state index contributed by atoms with van der Waals surface area (Å²) in [7, 11) is 0. The highest BCUT2D eigenvalue weighted by molar-refractivity contribution is 14.1. The van der Waals surface area contributed by atoms with Crippen LogP contribution in [0.1, 0.15) is 88.0 Å². The molecule has 2 rings (SSSR count). The second kappa shape index (κ2) is 9.36. The van der Waals surface area contributed by atoms with Crippen LogP contribution >= 0.6 is 22.6 Å². The predicted octanol–water partition coefficient (Wildman–Crippen LogP) is 6.00. The number of ketones is 1. The average molecular weight is 538 g/mol. The van der Waals surface area contributed by atoms with E-state index in [1.54, 1.807) is 13.0 Å². The molecule has 0 aliphatic carbocycles. The maximum Gasteiger partial charge on any atom is 0.166 e. The molecule has 1 atom stereocenters. The van der Waals surface area contributed by atoms with Crippen LogP contribution in [-0.4, -0.2) is 22.5 Å². The van der Waals surface area contributed by atoms with E-state index < -0.39 is 6.04 Å². The minimum Gasteiger partial charge on any atom is -0.507 e. The van der Waals surface area contributed by atoms with Gasteiger partial charge in [-0.3, -0.25) is 4.79 Å². The van der Waals surface area contributed by atoms with Crippen molar-refractivity contribution in [2.75, 3.05) is 11.9 Å². The van der Waals surface area contributed by atoms with Crippen LogP contribution in [0.4, 0.5) is 5.69 Å². The number of nitrogens with two attached hydrogens (primary N) is 1. The quantitative estimate of drug-likeness (QED) is 0.206. The first-order valence-corrected chi connectivity index (χ1v) is 11.7. The fraction of sp³-hybridized carbons (Fsp3) is 0.480. The first-order chi connectivity index (χ1) is 14.2. The number of anilines is 1. The van der Waals surface area contributed by atoms with Crippen molar-refractivity contribution >= 4 is 34.1 Å². The van der Waals surface area contributed by atoms with Gasteiger partial charge in [0.25, 0.3) is 0 Å². The minimum absolute atomic E-state index is 0.0519. The van der Waals surface area contributed by atoms with E-state index in [0.717, 1.165) is 14.7 Å². The number of phenols is 2. The molecule has 0 bridgehead atoms. The summed E-state index contributed by atoms with van der Waals surface area (Å²) in [6.45, 7) is 14.5. The van der Waals surface area contributed by atoms with Gasteiger partial charge in [-0.15, -0.1) is 0 Å². The molecule has 6 heteroatoms. The molecule has 5 nitrogen and oxygen atoms in total. The van der Waals surface area contributed by atoms with E-state index in [1.807, 2.05) is 18.2 Å². The predicted molar refractivity (Wildman–Crippen MR) is 136 cm³/mol. The monoisotopic (exact) mass is 538 g/mol. The zero-order chi connectivity index (χ0) is 23.7. The highest BCUT2D eigenvalue weighted by Crippen LogP contribution is 2.40. The average Bonchev–Trinajstić information content (AvgIpc) is 2.67. The molecule has 0 aromatic heterocycles. The zero-order valence-electron chi connectivity index (χ0n) is 19.6. The van der Waals surface area contributed by atoms with Crippen LogP contribution in [0, 0.1) is 3.57 Å². The maximum atomic E-state index is 12.5. The first-order valence-electron chi connectivity index (χ1n) is 10.6. The Morgan fingerprint density at radius 2 is 1.55 bits per heavy atom. The van der Waals surface area contributed by atoms with E-state index in [1.165, 1.54) is 0 Å².